The van der Waals surface area contributed by atoms with E-state index < -0.39 is 0 Å². The lowest BCUT2D eigenvalue weighted by molar-refractivity contribution is -0.116. The molecule has 7 nitrogen and oxygen atoms in total. The molecule has 0 radical (unpaired) electrons. The smallest absolute Gasteiger partial charge is 0.273 e. The third kappa shape index (κ3) is 3.16. The van der Waals surface area contributed by atoms with E-state index in [1.807, 2.05) is 6.08 Å². The number of H-pyrrole nitrogens is 1. The number of nitrogens with zero attached hydrogens (tertiary/aromatic N) is 4. The molecule has 1 amide bonds. The van der Waals surface area contributed by atoms with Crippen molar-refractivity contribution >= 4 is 17.7 Å². The third-order valence-corrected chi connectivity index (χ3v) is 5.86. The molecule has 2 aliphatic heterocycles. The number of nitrogens with one attached hydrogen (secondary N) is 2. The average Bonchev–Trinajstić information content (AvgIpc) is 3.45. The summed E-state index contributed by atoms with van der Waals surface area (Å²) in [6, 6.07) is 1.75. The van der Waals surface area contributed by atoms with Gasteiger partial charge in [-0.2, -0.15) is 5.10 Å². The Morgan fingerprint density at radius 3 is 2.68 bits per heavy atom. The van der Waals surface area contributed by atoms with Gasteiger partial charge in [-0.15, -0.1) is 0 Å². The number of hydrazone groups is 1. The number of hydrogen-bond acceptors (Lipinski definition) is 5. The molecule has 28 heavy (non-hydrogen) atoms. The Bertz CT molecular complexity index is 953. The van der Waals surface area contributed by atoms with Gasteiger partial charge in [0.15, 0.2) is 5.82 Å². The number of fused-ring (bicyclic) bond motifs is 1. The molecule has 0 saturated carbocycles. The fraction of sp³-hybridized carbons (Fsp3) is 0.429. The summed E-state index contributed by atoms with van der Waals surface area (Å²) in [7, 11) is 0. The van der Waals surface area contributed by atoms with Crippen molar-refractivity contribution in [3.05, 3.63) is 52.4 Å². The van der Waals surface area contributed by atoms with Crippen molar-refractivity contribution in [2.75, 3.05) is 13.1 Å². The van der Waals surface area contributed by atoms with Gasteiger partial charge in [0.25, 0.3) is 5.91 Å². The predicted octanol–water partition coefficient (Wildman–Crippen LogP) is 2.20. The van der Waals surface area contributed by atoms with Crippen molar-refractivity contribution in [2.45, 2.75) is 45.1 Å². The Hall–Kier alpha value is -2.80. The minimum atomic E-state index is -0.206. The maximum Gasteiger partial charge on any atom is 0.273 e. The van der Waals surface area contributed by atoms with E-state index in [9.17, 15) is 4.79 Å². The number of hydrogen-bond donors (Lipinski definition) is 2. The fourth-order valence-electron chi connectivity index (χ4n) is 4.45. The highest BCUT2D eigenvalue weighted by Crippen LogP contribution is 2.31. The van der Waals surface area contributed by atoms with E-state index in [2.05, 4.69) is 30.4 Å². The van der Waals surface area contributed by atoms with Crippen LogP contribution in [0.25, 0.3) is 6.08 Å². The number of likely N-dealkylation sites (tertiary alicyclic amines) is 1. The lowest BCUT2D eigenvalue weighted by Gasteiger charge is -2.18. The molecule has 0 atom stereocenters. The molecule has 2 aromatic heterocycles. The molecular formula is C21H24N6O. The van der Waals surface area contributed by atoms with Crippen LogP contribution in [0.4, 0.5) is 0 Å². The molecular weight excluding hydrogens is 352 g/mol. The van der Waals surface area contributed by atoms with E-state index in [1.165, 1.54) is 42.5 Å². The predicted molar refractivity (Wildman–Crippen MR) is 107 cm³/mol. The van der Waals surface area contributed by atoms with Crippen LogP contribution in [0, 0.1) is 0 Å². The van der Waals surface area contributed by atoms with Gasteiger partial charge in [-0.25, -0.2) is 15.4 Å². The highest BCUT2D eigenvalue weighted by atomic mass is 16.2. The molecule has 7 heteroatoms. The molecule has 5 rings (SSSR count). The quantitative estimate of drug-likeness (QED) is 0.801. The topological polar surface area (TPSA) is 86.3 Å². The van der Waals surface area contributed by atoms with Crippen LogP contribution in [0.1, 0.15) is 54.0 Å². The Morgan fingerprint density at radius 2 is 1.86 bits per heavy atom. The molecule has 3 aliphatic rings. The minimum Gasteiger partial charge on any atom is -0.358 e. The average molecular weight is 376 g/mol. The molecule has 0 unspecified atom stereocenters. The fourth-order valence-corrected chi connectivity index (χ4v) is 4.45. The van der Waals surface area contributed by atoms with Crippen LogP contribution < -0.4 is 5.43 Å². The number of aryl methyl sites for hydroxylation is 1. The molecule has 0 bridgehead atoms. The van der Waals surface area contributed by atoms with E-state index in [0.29, 0.717) is 17.1 Å². The molecule has 1 fully saturated rings. The van der Waals surface area contributed by atoms with E-state index in [0.717, 1.165) is 38.2 Å². The number of amides is 1. The Labute approximate surface area is 164 Å². The highest BCUT2D eigenvalue weighted by Gasteiger charge is 2.28. The standard InChI is InChI=1S/C21H24N6O/c28-21-15(19(25-26-21)20-22-8-5-9-23-20)12-18-16(13-27-10-3-4-11-27)14-6-1-2-7-17(14)24-18/h5,8-9,12,24H,1-4,6-7,10-11,13H2,(H,26,28)/b15-12+. The summed E-state index contributed by atoms with van der Waals surface area (Å²) in [5, 5.41) is 4.18. The highest BCUT2D eigenvalue weighted by molar-refractivity contribution is 6.32. The maximum atomic E-state index is 12.5. The van der Waals surface area contributed by atoms with Gasteiger partial charge < -0.3 is 4.98 Å². The van der Waals surface area contributed by atoms with Gasteiger partial charge in [0.1, 0.15) is 5.71 Å². The normalized spacial score (nSPS) is 21.1. The van der Waals surface area contributed by atoms with Crippen molar-refractivity contribution in [1.29, 1.82) is 0 Å². The number of carbonyl (C=O) groups excluding carboxylic acids is 1. The second kappa shape index (κ2) is 7.31. The molecule has 144 valence electrons. The van der Waals surface area contributed by atoms with Gasteiger partial charge in [0.2, 0.25) is 0 Å². The largest absolute Gasteiger partial charge is 0.358 e. The molecule has 2 N–H and O–H groups in total. The van der Waals surface area contributed by atoms with Gasteiger partial charge in [0.05, 0.1) is 5.57 Å². The molecule has 1 saturated heterocycles. The van der Waals surface area contributed by atoms with Crippen molar-refractivity contribution < 1.29 is 4.79 Å². The number of rotatable bonds is 4. The zero-order valence-electron chi connectivity index (χ0n) is 15.9. The van der Waals surface area contributed by atoms with Crippen LogP contribution in [-0.4, -0.2) is 44.6 Å². The SMILES string of the molecule is O=C1NN=C(c2ncccn2)/C1=C\c1[nH]c2c(c1CN1CCCC1)CCCC2. The van der Waals surface area contributed by atoms with E-state index >= 15 is 0 Å². The van der Waals surface area contributed by atoms with Crippen LogP contribution in [0.15, 0.2) is 29.1 Å². The van der Waals surface area contributed by atoms with E-state index in [-0.39, 0.29) is 5.91 Å². The number of aromatic amines is 1. The summed E-state index contributed by atoms with van der Waals surface area (Å²) >= 11 is 0. The van der Waals surface area contributed by atoms with Crippen LogP contribution in [-0.2, 0) is 24.2 Å². The summed E-state index contributed by atoms with van der Waals surface area (Å²) in [4.78, 5) is 27.2. The van der Waals surface area contributed by atoms with Crippen molar-refractivity contribution in [2.24, 2.45) is 5.10 Å². The Morgan fingerprint density at radius 1 is 1.07 bits per heavy atom. The maximum absolute atomic E-state index is 12.5. The summed E-state index contributed by atoms with van der Waals surface area (Å²) in [6.45, 7) is 3.25. The summed E-state index contributed by atoms with van der Waals surface area (Å²) in [6.07, 6.45) is 12.5. The first-order valence-electron chi connectivity index (χ1n) is 10.1. The summed E-state index contributed by atoms with van der Waals surface area (Å²) < 4.78 is 0. The third-order valence-electron chi connectivity index (χ3n) is 5.86. The van der Waals surface area contributed by atoms with Crippen LogP contribution in [0.3, 0.4) is 0 Å². The molecule has 4 heterocycles. The monoisotopic (exact) mass is 376 g/mol. The van der Waals surface area contributed by atoms with Gasteiger partial charge in [-0.3, -0.25) is 9.69 Å². The van der Waals surface area contributed by atoms with Gasteiger partial charge in [-0.1, -0.05) is 0 Å². The second-order valence-electron chi connectivity index (χ2n) is 7.70. The number of carbonyl (C=O) groups is 1. The van der Waals surface area contributed by atoms with Gasteiger partial charge in [0, 0.05) is 30.3 Å². The van der Waals surface area contributed by atoms with Crippen molar-refractivity contribution in [3.63, 3.8) is 0 Å². The van der Waals surface area contributed by atoms with E-state index in [4.69, 9.17) is 0 Å². The van der Waals surface area contributed by atoms with Crippen molar-refractivity contribution in [3.8, 4) is 0 Å². The lowest BCUT2D eigenvalue weighted by Crippen LogP contribution is -2.20. The Kier molecular flexibility index (Phi) is 4.52. The number of aromatic nitrogens is 3. The second-order valence-corrected chi connectivity index (χ2v) is 7.70. The zero-order chi connectivity index (χ0) is 18.9. The van der Waals surface area contributed by atoms with Gasteiger partial charge in [-0.05, 0) is 74.9 Å². The van der Waals surface area contributed by atoms with Crippen LogP contribution >= 0.6 is 0 Å². The first-order valence-corrected chi connectivity index (χ1v) is 10.1. The molecule has 1 aliphatic carbocycles. The summed E-state index contributed by atoms with van der Waals surface area (Å²) in [5.41, 5.74) is 8.77. The van der Waals surface area contributed by atoms with Crippen LogP contribution in [0.2, 0.25) is 0 Å². The molecule has 0 spiro atoms. The minimum absolute atomic E-state index is 0.206. The van der Waals surface area contributed by atoms with Crippen LogP contribution in [0.5, 0.6) is 0 Å². The van der Waals surface area contributed by atoms with Crippen molar-refractivity contribution in [1.82, 2.24) is 25.3 Å². The first-order chi connectivity index (χ1) is 13.8. The lowest BCUT2D eigenvalue weighted by atomic mass is 9.94. The van der Waals surface area contributed by atoms with Gasteiger partial charge >= 0.3 is 0 Å². The summed E-state index contributed by atoms with van der Waals surface area (Å²) in [5.74, 6) is 0.256. The molecule has 2 aromatic rings. The van der Waals surface area contributed by atoms with E-state index in [1.54, 1.807) is 18.5 Å². The Balaban J connectivity index is 1.55. The zero-order valence-corrected chi connectivity index (χ0v) is 15.9. The molecule has 0 aromatic carbocycles. The first kappa shape index (κ1) is 17.3.